The smallest absolute Gasteiger partial charge is 0.127 e. The van der Waals surface area contributed by atoms with Gasteiger partial charge in [0.15, 0.2) is 0 Å². The molecule has 0 saturated carbocycles. The average molecular weight is 282 g/mol. The minimum absolute atomic E-state index is 0.151. The maximum Gasteiger partial charge on any atom is 0.127 e. The van der Waals surface area contributed by atoms with Crippen molar-refractivity contribution in [1.82, 2.24) is 5.32 Å². The molecule has 0 radical (unpaired) electrons. The summed E-state index contributed by atoms with van der Waals surface area (Å²) in [5.74, 6) is 0.490. The number of nitrogens with one attached hydrogen (secondary N) is 1. The fourth-order valence-corrected chi connectivity index (χ4v) is 2.27. The summed E-state index contributed by atoms with van der Waals surface area (Å²) in [6, 6.07) is 6.70. The van der Waals surface area contributed by atoms with Crippen LogP contribution < -0.4 is 5.32 Å². The Morgan fingerprint density at radius 2 is 2.21 bits per heavy atom. The van der Waals surface area contributed by atoms with Gasteiger partial charge in [-0.15, -0.1) is 0 Å². The lowest BCUT2D eigenvalue weighted by Gasteiger charge is -2.19. The monoisotopic (exact) mass is 281 g/mol. The van der Waals surface area contributed by atoms with E-state index >= 15 is 0 Å². The van der Waals surface area contributed by atoms with Gasteiger partial charge in [-0.2, -0.15) is 0 Å². The second kappa shape index (κ2) is 6.22. The summed E-state index contributed by atoms with van der Waals surface area (Å²) < 4.78 is 18.9. The van der Waals surface area contributed by atoms with E-state index in [-0.39, 0.29) is 11.9 Å². The Labute approximate surface area is 117 Å². The van der Waals surface area contributed by atoms with E-state index in [1.807, 2.05) is 12.1 Å². The van der Waals surface area contributed by atoms with Crippen LogP contribution in [0.15, 0.2) is 34.9 Å². The number of benzene rings is 1. The Morgan fingerprint density at radius 3 is 2.84 bits per heavy atom. The first-order valence-electron chi connectivity index (χ1n) is 6.35. The maximum atomic E-state index is 13.5. The number of halogens is 2. The Hall–Kier alpha value is -1.32. The van der Waals surface area contributed by atoms with Gasteiger partial charge in [0, 0.05) is 5.02 Å². The van der Waals surface area contributed by atoms with E-state index < -0.39 is 0 Å². The van der Waals surface area contributed by atoms with Crippen LogP contribution in [0.4, 0.5) is 4.39 Å². The van der Waals surface area contributed by atoms with Crippen LogP contribution in [0.25, 0.3) is 0 Å². The zero-order chi connectivity index (χ0) is 13.8. The second-order valence-electron chi connectivity index (χ2n) is 4.53. The number of hydrogen-bond acceptors (Lipinski definition) is 2. The van der Waals surface area contributed by atoms with Gasteiger partial charge in [-0.05, 0) is 55.3 Å². The Bertz CT molecular complexity index is 539. The van der Waals surface area contributed by atoms with Crippen LogP contribution in [0.1, 0.15) is 36.3 Å². The lowest BCUT2D eigenvalue weighted by atomic mass is 10.0. The molecule has 2 rings (SSSR count). The molecule has 0 aliphatic rings. The predicted octanol–water partition coefficient (Wildman–Crippen LogP) is 4.47. The lowest BCUT2D eigenvalue weighted by Crippen LogP contribution is -2.23. The standard InChI is InChI=1S/C15H17ClFNO/c1-3-6-18-15(14-5-4-7-19-14)11-8-10(2)13(17)9-12(11)16/h4-5,7-9,15,18H,3,6H2,1-2H3. The molecule has 1 heterocycles. The first-order chi connectivity index (χ1) is 9.13. The molecule has 0 aliphatic carbocycles. The summed E-state index contributed by atoms with van der Waals surface area (Å²) in [7, 11) is 0. The topological polar surface area (TPSA) is 25.2 Å². The highest BCUT2D eigenvalue weighted by atomic mass is 35.5. The van der Waals surface area contributed by atoms with E-state index in [4.69, 9.17) is 16.0 Å². The Kier molecular flexibility index (Phi) is 4.61. The highest BCUT2D eigenvalue weighted by Gasteiger charge is 2.20. The van der Waals surface area contributed by atoms with Crippen molar-refractivity contribution in [3.63, 3.8) is 0 Å². The molecule has 102 valence electrons. The van der Waals surface area contributed by atoms with Crippen molar-refractivity contribution in [2.24, 2.45) is 0 Å². The molecule has 1 N–H and O–H groups in total. The minimum Gasteiger partial charge on any atom is -0.467 e. The van der Waals surface area contributed by atoms with Crippen LogP contribution in [0.5, 0.6) is 0 Å². The summed E-state index contributed by atoms with van der Waals surface area (Å²) >= 11 is 6.17. The molecular formula is C15H17ClFNO. The zero-order valence-corrected chi connectivity index (χ0v) is 11.8. The molecule has 0 fully saturated rings. The summed E-state index contributed by atoms with van der Waals surface area (Å²) in [5, 5.41) is 3.79. The molecule has 2 aromatic rings. The van der Waals surface area contributed by atoms with Gasteiger partial charge in [0.05, 0.1) is 12.3 Å². The van der Waals surface area contributed by atoms with E-state index in [9.17, 15) is 4.39 Å². The highest BCUT2D eigenvalue weighted by Crippen LogP contribution is 2.30. The number of rotatable bonds is 5. The zero-order valence-electron chi connectivity index (χ0n) is 11.0. The molecule has 19 heavy (non-hydrogen) atoms. The van der Waals surface area contributed by atoms with Crippen molar-refractivity contribution in [3.05, 3.63) is 58.3 Å². The number of hydrogen-bond donors (Lipinski definition) is 1. The second-order valence-corrected chi connectivity index (χ2v) is 4.93. The molecule has 0 bridgehead atoms. The predicted molar refractivity (Wildman–Crippen MR) is 75.0 cm³/mol. The number of furan rings is 1. The van der Waals surface area contributed by atoms with Gasteiger partial charge in [-0.1, -0.05) is 18.5 Å². The van der Waals surface area contributed by atoms with Crippen molar-refractivity contribution >= 4 is 11.6 Å². The van der Waals surface area contributed by atoms with E-state index in [0.717, 1.165) is 24.3 Å². The van der Waals surface area contributed by atoms with Crippen LogP contribution in [-0.4, -0.2) is 6.54 Å². The normalized spacial score (nSPS) is 12.6. The number of aryl methyl sites for hydroxylation is 1. The minimum atomic E-state index is -0.289. The van der Waals surface area contributed by atoms with Crippen molar-refractivity contribution in [1.29, 1.82) is 0 Å². The third kappa shape index (κ3) is 3.17. The fraction of sp³-hybridized carbons (Fsp3) is 0.333. The van der Waals surface area contributed by atoms with Gasteiger partial charge in [0.1, 0.15) is 11.6 Å². The lowest BCUT2D eigenvalue weighted by molar-refractivity contribution is 0.446. The van der Waals surface area contributed by atoms with Crippen molar-refractivity contribution in [2.75, 3.05) is 6.54 Å². The van der Waals surface area contributed by atoms with Crippen molar-refractivity contribution in [3.8, 4) is 0 Å². The maximum absolute atomic E-state index is 13.5. The van der Waals surface area contributed by atoms with Gasteiger partial charge in [0.25, 0.3) is 0 Å². The van der Waals surface area contributed by atoms with E-state index in [1.165, 1.54) is 6.07 Å². The van der Waals surface area contributed by atoms with Gasteiger partial charge in [0.2, 0.25) is 0 Å². The SMILES string of the molecule is CCCNC(c1ccco1)c1cc(C)c(F)cc1Cl. The molecule has 0 spiro atoms. The molecule has 0 saturated heterocycles. The Morgan fingerprint density at radius 1 is 1.42 bits per heavy atom. The average Bonchev–Trinajstić information content (AvgIpc) is 2.89. The summed E-state index contributed by atoms with van der Waals surface area (Å²) in [5.41, 5.74) is 1.42. The largest absolute Gasteiger partial charge is 0.467 e. The van der Waals surface area contributed by atoms with Gasteiger partial charge >= 0.3 is 0 Å². The van der Waals surface area contributed by atoms with Crippen LogP contribution in [0.3, 0.4) is 0 Å². The molecule has 2 nitrogen and oxygen atoms in total. The Balaban J connectivity index is 2.40. The van der Waals surface area contributed by atoms with E-state index in [2.05, 4.69) is 12.2 Å². The van der Waals surface area contributed by atoms with Crippen molar-refractivity contribution < 1.29 is 8.81 Å². The van der Waals surface area contributed by atoms with Crippen LogP contribution in [-0.2, 0) is 0 Å². The molecular weight excluding hydrogens is 265 g/mol. The van der Waals surface area contributed by atoms with Crippen LogP contribution >= 0.6 is 11.6 Å². The van der Waals surface area contributed by atoms with E-state index in [1.54, 1.807) is 19.3 Å². The molecule has 4 heteroatoms. The van der Waals surface area contributed by atoms with Gasteiger partial charge < -0.3 is 9.73 Å². The molecule has 0 amide bonds. The van der Waals surface area contributed by atoms with Crippen LogP contribution in [0.2, 0.25) is 5.02 Å². The fourth-order valence-electron chi connectivity index (χ4n) is 2.01. The third-order valence-corrected chi connectivity index (χ3v) is 3.34. The first-order valence-corrected chi connectivity index (χ1v) is 6.73. The van der Waals surface area contributed by atoms with Crippen LogP contribution in [0, 0.1) is 12.7 Å². The summed E-state index contributed by atoms with van der Waals surface area (Å²) in [4.78, 5) is 0. The van der Waals surface area contributed by atoms with Gasteiger partial charge in [-0.25, -0.2) is 4.39 Å². The molecule has 1 aromatic heterocycles. The molecule has 0 aliphatic heterocycles. The summed E-state index contributed by atoms with van der Waals surface area (Å²) in [6.07, 6.45) is 2.62. The van der Waals surface area contributed by atoms with Crippen molar-refractivity contribution in [2.45, 2.75) is 26.3 Å². The first kappa shape index (κ1) is 14.1. The highest BCUT2D eigenvalue weighted by molar-refractivity contribution is 6.31. The van der Waals surface area contributed by atoms with Gasteiger partial charge in [-0.3, -0.25) is 0 Å². The molecule has 1 aromatic carbocycles. The summed E-state index contributed by atoms with van der Waals surface area (Å²) in [6.45, 7) is 4.65. The third-order valence-electron chi connectivity index (χ3n) is 3.02. The quantitative estimate of drug-likeness (QED) is 0.875. The molecule has 1 atom stereocenters. The molecule has 1 unspecified atom stereocenters. The van der Waals surface area contributed by atoms with E-state index in [0.29, 0.717) is 10.6 Å².